The van der Waals surface area contributed by atoms with Crippen molar-refractivity contribution >= 4 is 17.0 Å². The molecule has 3 heteroatoms. The molecule has 2 aromatic rings. The number of hydrogen-bond donors (Lipinski definition) is 1. The van der Waals surface area contributed by atoms with Crippen molar-refractivity contribution in [1.29, 1.82) is 0 Å². The largest absolute Gasteiger partial charge is 0.377 e. The highest BCUT2D eigenvalue weighted by molar-refractivity contribution is 7.07. The van der Waals surface area contributed by atoms with E-state index in [-0.39, 0.29) is 6.04 Å². The first kappa shape index (κ1) is 12.1. The molecule has 17 heavy (non-hydrogen) atoms. The van der Waals surface area contributed by atoms with Crippen LogP contribution in [-0.4, -0.2) is 4.98 Å². The number of rotatable bonds is 4. The molecule has 0 saturated heterocycles. The SMILES string of the molecule is CCc1cc(NC(C)c2cscn2)ccc1C. The molecule has 1 aromatic heterocycles. The third-order valence-electron chi connectivity index (χ3n) is 3.01. The summed E-state index contributed by atoms with van der Waals surface area (Å²) in [7, 11) is 0. The maximum absolute atomic E-state index is 4.33. The highest BCUT2D eigenvalue weighted by Gasteiger charge is 2.07. The van der Waals surface area contributed by atoms with Crippen LogP contribution in [0.25, 0.3) is 0 Å². The molecule has 90 valence electrons. The first-order valence-electron chi connectivity index (χ1n) is 5.95. The van der Waals surface area contributed by atoms with Gasteiger partial charge in [-0.05, 0) is 43.5 Å². The summed E-state index contributed by atoms with van der Waals surface area (Å²) in [5.74, 6) is 0. The monoisotopic (exact) mass is 246 g/mol. The summed E-state index contributed by atoms with van der Waals surface area (Å²) < 4.78 is 0. The van der Waals surface area contributed by atoms with E-state index in [9.17, 15) is 0 Å². The van der Waals surface area contributed by atoms with Crippen LogP contribution in [0.1, 0.15) is 36.7 Å². The van der Waals surface area contributed by atoms with E-state index < -0.39 is 0 Å². The first-order chi connectivity index (χ1) is 8.20. The molecule has 1 N–H and O–H groups in total. The Bertz CT molecular complexity index is 477. The van der Waals surface area contributed by atoms with Crippen LogP contribution in [0.3, 0.4) is 0 Å². The zero-order chi connectivity index (χ0) is 12.3. The minimum absolute atomic E-state index is 0.258. The molecule has 2 rings (SSSR count). The first-order valence-corrected chi connectivity index (χ1v) is 6.89. The van der Waals surface area contributed by atoms with Crippen LogP contribution in [-0.2, 0) is 6.42 Å². The Morgan fingerprint density at radius 1 is 1.41 bits per heavy atom. The fraction of sp³-hybridized carbons (Fsp3) is 0.357. The lowest BCUT2D eigenvalue weighted by Gasteiger charge is -2.14. The molecule has 0 aliphatic heterocycles. The van der Waals surface area contributed by atoms with E-state index in [0.717, 1.165) is 12.1 Å². The lowest BCUT2D eigenvalue weighted by Crippen LogP contribution is -2.07. The molecule has 1 atom stereocenters. The summed E-state index contributed by atoms with van der Waals surface area (Å²) in [5.41, 5.74) is 6.92. The lowest BCUT2D eigenvalue weighted by molar-refractivity contribution is 0.849. The van der Waals surface area contributed by atoms with Crippen molar-refractivity contribution in [2.75, 3.05) is 5.32 Å². The number of benzene rings is 1. The average Bonchev–Trinajstić information content (AvgIpc) is 2.85. The van der Waals surface area contributed by atoms with E-state index in [2.05, 4.69) is 54.7 Å². The van der Waals surface area contributed by atoms with Gasteiger partial charge >= 0.3 is 0 Å². The topological polar surface area (TPSA) is 24.9 Å². The summed E-state index contributed by atoms with van der Waals surface area (Å²) in [6, 6.07) is 6.80. The Hall–Kier alpha value is -1.35. The van der Waals surface area contributed by atoms with Crippen molar-refractivity contribution in [3.05, 3.63) is 45.9 Å². The molecule has 0 amide bonds. The van der Waals surface area contributed by atoms with Crippen molar-refractivity contribution < 1.29 is 0 Å². The van der Waals surface area contributed by atoms with Gasteiger partial charge in [-0.15, -0.1) is 11.3 Å². The molecule has 0 aliphatic rings. The molecule has 0 saturated carbocycles. The lowest BCUT2D eigenvalue weighted by atomic mass is 10.1. The van der Waals surface area contributed by atoms with E-state index in [4.69, 9.17) is 0 Å². The second kappa shape index (κ2) is 5.32. The van der Waals surface area contributed by atoms with Gasteiger partial charge in [0.25, 0.3) is 0 Å². The van der Waals surface area contributed by atoms with Gasteiger partial charge in [0, 0.05) is 11.1 Å². The quantitative estimate of drug-likeness (QED) is 0.875. The Balaban J connectivity index is 2.13. The number of thiazole rings is 1. The van der Waals surface area contributed by atoms with Crippen LogP contribution in [0.15, 0.2) is 29.1 Å². The molecular formula is C14H18N2S. The number of aryl methyl sites for hydroxylation is 2. The Morgan fingerprint density at radius 2 is 2.24 bits per heavy atom. The molecule has 0 radical (unpaired) electrons. The van der Waals surface area contributed by atoms with Crippen LogP contribution in [0.2, 0.25) is 0 Å². The van der Waals surface area contributed by atoms with Gasteiger partial charge in [0.05, 0.1) is 17.2 Å². The smallest absolute Gasteiger partial charge is 0.0795 e. The van der Waals surface area contributed by atoms with Crippen LogP contribution in [0, 0.1) is 6.92 Å². The van der Waals surface area contributed by atoms with Gasteiger partial charge in [-0.2, -0.15) is 0 Å². The van der Waals surface area contributed by atoms with Crippen molar-refractivity contribution in [2.45, 2.75) is 33.2 Å². The van der Waals surface area contributed by atoms with Gasteiger partial charge in [-0.25, -0.2) is 4.98 Å². The van der Waals surface area contributed by atoms with Gasteiger partial charge in [-0.3, -0.25) is 0 Å². The molecule has 0 aliphatic carbocycles. The van der Waals surface area contributed by atoms with Gasteiger partial charge < -0.3 is 5.32 Å². The summed E-state index contributed by atoms with van der Waals surface area (Å²) >= 11 is 1.64. The van der Waals surface area contributed by atoms with E-state index >= 15 is 0 Å². The van der Waals surface area contributed by atoms with E-state index in [1.165, 1.54) is 16.8 Å². The Kier molecular flexibility index (Phi) is 3.79. The number of hydrogen-bond acceptors (Lipinski definition) is 3. The second-order valence-electron chi connectivity index (χ2n) is 4.27. The van der Waals surface area contributed by atoms with E-state index in [0.29, 0.717) is 0 Å². The van der Waals surface area contributed by atoms with Gasteiger partial charge in [0.1, 0.15) is 0 Å². The molecule has 2 nitrogen and oxygen atoms in total. The van der Waals surface area contributed by atoms with Crippen molar-refractivity contribution in [3.8, 4) is 0 Å². The molecule has 1 aromatic carbocycles. The van der Waals surface area contributed by atoms with Crippen molar-refractivity contribution in [1.82, 2.24) is 4.98 Å². The zero-order valence-electron chi connectivity index (χ0n) is 10.5. The highest BCUT2D eigenvalue weighted by atomic mass is 32.1. The molecule has 0 bridgehead atoms. The maximum Gasteiger partial charge on any atom is 0.0795 e. The minimum Gasteiger partial charge on any atom is -0.377 e. The number of nitrogens with one attached hydrogen (secondary N) is 1. The molecule has 1 unspecified atom stereocenters. The van der Waals surface area contributed by atoms with Crippen molar-refractivity contribution in [3.63, 3.8) is 0 Å². The van der Waals surface area contributed by atoms with Crippen molar-refractivity contribution in [2.24, 2.45) is 0 Å². The predicted molar refractivity (Wildman–Crippen MR) is 74.7 cm³/mol. The molecule has 0 fully saturated rings. The fourth-order valence-electron chi connectivity index (χ4n) is 1.90. The predicted octanol–water partition coefficient (Wildman–Crippen LogP) is 4.19. The fourth-order valence-corrected chi connectivity index (χ4v) is 2.55. The third kappa shape index (κ3) is 2.86. The summed E-state index contributed by atoms with van der Waals surface area (Å²) in [6.07, 6.45) is 1.08. The van der Waals surface area contributed by atoms with Crippen LogP contribution in [0.5, 0.6) is 0 Å². The Morgan fingerprint density at radius 3 is 2.88 bits per heavy atom. The van der Waals surface area contributed by atoms with E-state index in [1.807, 2.05) is 5.51 Å². The maximum atomic E-state index is 4.33. The minimum atomic E-state index is 0.258. The number of nitrogens with zero attached hydrogens (tertiary/aromatic N) is 1. The third-order valence-corrected chi connectivity index (χ3v) is 3.61. The Labute approximate surface area is 107 Å². The van der Waals surface area contributed by atoms with Gasteiger partial charge in [-0.1, -0.05) is 13.0 Å². The number of anilines is 1. The molecule has 1 heterocycles. The summed E-state index contributed by atoms with van der Waals surface area (Å²) in [6.45, 7) is 6.49. The zero-order valence-corrected chi connectivity index (χ0v) is 11.3. The van der Waals surface area contributed by atoms with Gasteiger partial charge in [0.15, 0.2) is 0 Å². The van der Waals surface area contributed by atoms with Gasteiger partial charge in [0.2, 0.25) is 0 Å². The number of aromatic nitrogens is 1. The van der Waals surface area contributed by atoms with Crippen LogP contribution >= 0.6 is 11.3 Å². The summed E-state index contributed by atoms with van der Waals surface area (Å²) in [5, 5.41) is 5.58. The second-order valence-corrected chi connectivity index (χ2v) is 4.99. The van der Waals surface area contributed by atoms with E-state index in [1.54, 1.807) is 11.3 Å². The molecular weight excluding hydrogens is 228 g/mol. The average molecular weight is 246 g/mol. The highest BCUT2D eigenvalue weighted by Crippen LogP contribution is 2.21. The normalized spacial score (nSPS) is 12.4. The van der Waals surface area contributed by atoms with Crippen LogP contribution < -0.4 is 5.32 Å². The van der Waals surface area contributed by atoms with Crippen LogP contribution in [0.4, 0.5) is 5.69 Å². The molecule has 0 spiro atoms. The summed E-state index contributed by atoms with van der Waals surface area (Å²) in [4.78, 5) is 4.33. The standard InChI is InChI=1S/C14H18N2S/c1-4-12-7-13(6-5-10(12)2)16-11(3)14-8-17-9-15-14/h5-9,11,16H,4H2,1-3H3.